The van der Waals surface area contributed by atoms with Crippen molar-refractivity contribution in [2.45, 2.75) is 38.7 Å². The lowest BCUT2D eigenvalue weighted by Gasteiger charge is -2.26. The summed E-state index contributed by atoms with van der Waals surface area (Å²) in [5.74, 6) is -1.77. The van der Waals surface area contributed by atoms with Crippen LogP contribution in [0.1, 0.15) is 53.3 Å². The molecule has 1 aliphatic rings. The number of rotatable bonds is 10. The van der Waals surface area contributed by atoms with Gasteiger partial charge in [0.25, 0.3) is 11.8 Å². The van der Waals surface area contributed by atoms with Gasteiger partial charge in [0.2, 0.25) is 0 Å². The molecular formula is C25H29FN2O6. The van der Waals surface area contributed by atoms with Crippen LogP contribution in [-0.2, 0) is 4.79 Å². The molecule has 2 aromatic carbocycles. The third-order valence-electron chi connectivity index (χ3n) is 5.63. The standard InChI is InChI=1S/C25H29FN2O6/c1-2-33-18-7-3-16(4-8-18)23(29)27-13-14-28-24(30)21-12-11-20(15-22(21)26)34-19-9-5-17(6-10-19)25(31)32/h3-4,7-8,11-12,15,17,19H,2,5-6,9-10,13-14H2,1H3,(H,27,29)(H,28,30)(H,31,32). The molecular weight excluding hydrogens is 443 g/mol. The average molecular weight is 473 g/mol. The first-order valence-electron chi connectivity index (χ1n) is 11.4. The summed E-state index contributed by atoms with van der Waals surface area (Å²) in [6.45, 7) is 2.72. The number of ether oxygens (including phenoxy) is 2. The molecule has 0 heterocycles. The van der Waals surface area contributed by atoms with Gasteiger partial charge in [-0.25, -0.2) is 4.39 Å². The minimum absolute atomic E-state index is 0.125. The number of hydrogen-bond donors (Lipinski definition) is 3. The number of nitrogens with one attached hydrogen (secondary N) is 2. The molecule has 0 saturated heterocycles. The van der Waals surface area contributed by atoms with E-state index in [1.807, 2.05) is 6.92 Å². The SMILES string of the molecule is CCOc1ccc(C(=O)NCCNC(=O)c2ccc(OC3CCC(C(=O)O)CC3)cc2F)cc1. The fourth-order valence-electron chi connectivity index (χ4n) is 3.79. The lowest BCUT2D eigenvalue weighted by Crippen LogP contribution is -2.35. The summed E-state index contributed by atoms with van der Waals surface area (Å²) in [5.41, 5.74) is 0.340. The zero-order chi connectivity index (χ0) is 24.5. The second-order valence-corrected chi connectivity index (χ2v) is 8.04. The molecule has 0 aliphatic heterocycles. The van der Waals surface area contributed by atoms with E-state index in [4.69, 9.17) is 14.6 Å². The Morgan fingerprint density at radius 1 is 0.941 bits per heavy atom. The predicted octanol–water partition coefficient (Wildman–Crippen LogP) is 3.41. The lowest BCUT2D eigenvalue weighted by molar-refractivity contribution is -0.143. The minimum Gasteiger partial charge on any atom is -0.494 e. The van der Waals surface area contributed by atoms with E-state index in [1.54, 1.807) is 24.3 Å². The van der Waals surface area contributed by atoms with Crippen LogP contribution in [0.3, 0.4) is 0 Å². The monoisotopic (exact) mass is 472 g/mol. The summed E-state index contributed by atoms with van der Waals surface area (Å²) in [5, 5.41) is 14.3. The van der Waals surface area contributed by atoms with Gasteiger partial charge in [0.05, 0.1) is 24.2 Å². The van der Waals surface area contributed by atoms with Gasteiger partial charge >= 0.3 is 5.97 Å². The highest BCUT2D eigenvalue weighted by molar-refractivity contribution is 5.95. The molecule has 0 unspecified atom stereocenters. The Bertz CT molecular complexity index is 1000. The number of carboxylic acids is 1. The molecule has 2 amide bonds. The topological polar surface area (TPSA) is 114 Å². The van der Waals surface area contributed by atoms with Crippen molar-refractivity contribution < 1.29 is 33.4 Å². The van der Waals surface area contributed by atoms with Crippen molar-refractivity contribution in [2.24, 2.45) is 5.92 Å². The van der Waals surface area contributed by atoms with Gasteiger partial charge in [-0.15, -0.1) is 0 Å². The predicted molar refractivity (Wildman–Crippen MR) is 123 cm³/mol. The van der Waals surface area contributed by atoms with E-state index in [9.17, 15) is 18.8 Å². The average Bonchev–Trinajstić information content (AvgIpc) is 2.82. The highest BCUT2D eigenvalue weighted by Gasteiger charge is 2.27. The van der Waals surface area contributed by atoms with Crippen LogP contribution < -0.4 is 20.1 Å². The Labute approximate surface area is 197 Å². The van der Waals surface area contributed by atoms with Gasteiger partial charge in [-0.1, -0.05) is 0 Å². The van der Waals surface area contributed by atoms with Crippen LogP contribution in [0.25, 0.3) is 0 Å². The number of carboxylic acid groups (broad SMARTS) is 1. The minimum atomic E-state index is -0.796. The highest BCUT2D eigenvalue weighted by atomic mass is 19.1. The zero-order valence-corrected chi connectivity index (χ0v) is 19.0. The van der Waals surface area contributed by atoms with Crippen LogP contribution in [0.4, 0.5) is 4.39 Å². The van der Waals surface area contributed by atoms with Gasteiger partial charge in [0.15, 0.2) is 0 Å². The summed E-state index contributed by atoms with van der Waals surface area (Å²) in [6, 6.07) is 10.7. The number of benzene rings is 2. The van der Waals surface area contributed by atoms with Gasteiger partial charge in [-0.05, 0) is 69.0 Å². The number of hydrogen-bond acceptors (Lipinski definition) is 5. The number of amides is 2. The molecule has 8 nitrogen and oxygen atoms in total. The van der Waals surface area contributed by atoms with Crippen molar-refractivity contribution >= 4 is 17.8 Å². The van der Waals surface area contributed by atoms with E-state index in [-0.39, 0.29) is 36.6 Å². The maximum absolute atomic E-state index is 14.5. The smallest absolute Gasteiger partial charge is 0.306 e. The van der Waals surface area contributed by atoms with Crippen molar-refractivity contribution in [3.8, 4) is 11.5 Å². The fraction of sp³-hybridized carbons (Fsp3) is 0.400. The molecule has 0 spiro atoms. The molecule has 9 heteroatoms. The van der Waals surface area contributed by atoms with Crippen LogP contribution in [-0.4, -0.2) is 48.7 Å². The maximum atomic E-state index is 14.5. The maximum Gasteiger partial charge on any atom is 0.306 e. The first-order chi connectivity index (χ1) is 16.4. The van der Waals surface area contributed by atoms with Gasteiger partial charge in [0.1, 0.15) is 17.3 Å². The molecule has 0 radical (unpaired) electrons. The normalized spacial score (nSPS) is 17.5. The highest BCUT2D eigenvalue weighted by Crippen LogP contribution is 2.28. The molecule has 3 rings (SSSR count). The zero-order valence-electron chi connectivity index (χ0n) is 19.0. The molecule has 3 N–H and O–H groups in total. The van der Waals surface area contributed by atoms with Crippen LogP contribution >= 0.6 is 0 Å². The second kappa shape index (κ2) is 12.0. The molecule has 0 bridgehead atoms. The molecule has 0 aromatic heterocycles. The molecule has 1 fully saturated rings. The third-order valence-corrected chi connectivity index (χ3v) is 5.63. The van der Waals surface area contributed by atoms with Crippen molar-refractivity contribution in [3.63, 3.8) is 0 Å². The molecule has 1 aliphatic carbocycles. The van der Waals surface area contributed by atoms with Gasteiger partial charge < -0.3 is 25.2 Å². The van der Waals surface area contributed by atoms with Crippen LogP contribution in [0.15, 0.2) is 42.5 Å². The van der Waals surface area contributed by atoms with Crippen molar-refractivity contribution in [1.82, 2.24) is 10.6 Å². The van der Waals surface area contributed by atoms with Gasteiger partial charge in [-0.2, -0.15) is 0 Å². The number of halogens is 1. The second-order valence-electron chi connectivity index (χ2n) is 8.04. The summed E-state index contributed by atoms with van der Waals surface area (Å²) in [7, 11) is 0. The van der Waals surface area contributed by atoms with E-state index in [1.165, 1.54) is 12.1 Å². The Balaban J connectivity index is 1.42. The Morgan fingerprint density at radius 3 is 2.15 bits per heavy atom. The molecule has 2 aromatic rings. The quantitative estimate of drug-likeness (QED) is 0.457. The largest absolute Gasteiger partial charge is 0.494 e. The first kappa shape index (κ1) is 25.0. The molecule has 182 valence electrons. The Morgan fingerprint density at radius 2 is 1.56 bits per heavy atom. The van der Waals surface area contributed by atoms with Gasteiger partial charge in [0, 0.05) is 24.7 Å². The number of carbonyl (C=O) groups is 3. The van der Waals surface area contributed by atoms with E-state index in [2.05, 4.69) is 10.6 Å². The Hall–Kier alpha value is -3.62. The van der Waals surface area contributed by atoms with Crippen LogP contribution in [0.2, 0.25) is 0 Å². The van der Waals surface area contributed by atoms with E-state index in [0.717, 1.165) is 6.07 Å². The first-order valence-corrected chi connectivity index (χ1v) is 11.4. The van der Waals surface area contributed by atoms with Crippen molar-refractivity contribution in [3.05, 3.63) is 59.4 Å². The Kier molecular flexibility index (Phi) is 8.84. The van der Waals surface area contributed by atoms with E-state index >= 15 is 0 Å². The van der Waals surface area contributed by atoms with E-state index in [0.29, 0.717) is 49.4 Å². The molecule has 0 atom stereocenters. The lowest BCUT2D eigenvalue weighted by atomic mass is 9.87. The van der Waals surface area contributed by atoms with Crippen LogP contribution in [0, 0.1) is 11.7 Å². The molecule has 1 saturated carbocycles. The van der Waals surface area contributed by atoms with Crippen molar-refractivity contribution in [2.75, 3.05) is 19.7 Å². The summed E-state index contributed by atoms with van der Waals surface area (Å²) in [6.07, 6.45) is 2.05. The number of aliphatic carboxylic acids is 1. The summed E-state index contributed by atoms with van der Waals surface area (Å²) < 4.78 is 25.6. The fourth-order valence-corrected chi connectivity index (χ4v) is 3.79. The van der Waals surface area contributed by atoms with Gasteiger partial charge in [-0.3, -0.25) is 14.4 Å². The van der Waals surface area contributed by atoms with Crippen molar-refractivity contribution in [1.29, 1.82) is 0 Å². The third kappa shape index (κ3) is 6.94. The summed E-state index contributed by atoms with van der Waals surface area (Å²) >= 11 is 0. The van der Waals surface area contributed by atoms with Crippen LogP contribution in [0.5, 0.6) is 11.5 Å². The molecule has 34 heavy (non-hydrogen) atoms. The van der Waals surface area contributed by atoms with E-state index < -0.39 is 17.7 Å². The summed E-state index contributed by atoms with van der Waals surface area (Å²) in [4.78, 5) is 35.5. The number of carbonyl (C=O) groups excluding carboxylic acids is 2.